The van der Waals surface area contributed by atoms with Gasteiger partial charge < -0.3 is 10.1 Å². The Morgan fingerprint density at radius 2 is 2.43 bits per heavy atom. The van der Waals surface area contributed by atoms with Crippen molar-refractivity contribution in [1.82, 2.24) is 0 Å². The average Bonchev–Trinajstić information content (AvgIpc) is 2.49. The standard InChI is InChI=1S/C11H12FNO/c1-7(14)5-8-6-13-10-4-2-3-9(12)11(8)10/h2-4,8,13H,5-6H2,1H3. The number of benzene rings is 1. The SMILES string of the molecule is CC(=O)CC1CNc2cccc(F)c21. The maximum Gasteiger partial charge on any atom is 0.130 e. The van der Waals surface area contributed by atoms with Crippen LogP contribution in [0.3, 0.4) is 0 Å². The number of nitrogens with one attached hydrogen (secondary N) is 1. The summed E-state index contributed by atoms with van der Waals surface area (Å²) in [7, 11) is 0. The van der Waals surface area contributed by atoms with Gasteiger partial charge in [-0.3, -0.25) is 0 Å². The number of anilines is 1. The van der Waals surface area contributed by atoms with Gasteiger partial charge in [-0.1, -0.05) is 6.07 Å². The van der Waals surface area contributed by atoms with Crippen molar-refractivity contribution in [3.05, 3.63) is 29.6 Å². The van der Waals surface area contributed by atoms with Crippen LogP contribution in [0.4, 0.5) is 10.1 Å². The Morgan fingerprint density at radius 1 is 1.64 bits per heavy atom. The van der Waals surface area contributed by atoms with Gasteiger partial charge in [-0.15, -0.1) is 0 Å². The van der Waals surface area contributed by atoms with Gasteiger partial charge in [-0.2, -0.15) is 0 Å². The first kappa shape index (κ1) is 9.19. The summed E-state index contributed by atoms with van der Waals surface area (Å²) >= 11 is 0. The van der Waals surface area contributed by atoms with Crippen LogP contribution in [0.25, 0.3) is 0 Å². The number of halogens is 1. The molecule has 0 amide bonds. The molecule has 1 aliphatic rings. The summed E-state index contributed by atoms with van der Waals surface area (Å²) in [5, 5.41) is 3.10. The average molecular weight is 193 g/mol. The summed E-state index contributed by atoms with van der Waals surface area (Å²) in [6.07, 6.45) is 0.418. The second-order valence-corrected chi connectivity index (χ2v) is 3.69. The first-order valence-electron chi connectivity index (χ1n) is 4.70. The second kappa shape index (κ2) is 3.40. The lowest BCUT2D eigenvalue weighted by molar-refractivity contribution is -0.117. The molecule has 0 radical (unpaired) electrons. The van der Waals surface area contributed by atoms with Gasteiger partial charge in [0.25, 0.3) is 0 Å². The molecular weight excluding hydrogens is 181 g/mol. The second-order valence-electron chi connectivity index (χ2n) is 3.69. The van der Waals surface area contributed by atoms with E-state index < -0.39 is 0 Å². The van der Waals surface area contributed by atoms with Crippen LogP contribution in [0.15, 0.2) is 18.2 Å². The van der Waals surface area contributed by atoms with Crippen molar-refractivity contribution in [2.75, 3.05) is 11.9 Å². The smallest absolute Gasteiger partial charge is 0.130 e. The topological polar surface area (TPSA) is 29.1 Å². The third-order valence-electron chi connectivity index (χ3n) is 2.53. The quantitative estimate of drug-likeness (QED) is 0.780. The zero-order chi connectivity index (χ0) is 10.1. The molecule has 3 heteroatoms. The van der Waals surface area contributed by atoms with Crippen LogP contribution in [0.2, 0.25) is 0 Å². The molecule has 1 aromatic rings. The molecule has 0 saturated heterocycles. The number of hydrogen-bond donors (Lipinski definition) is 1. The van der Waals surface area contributed by atoms with E-state index in [9.17, 15) is 9.18 Å². The number of carbonyl (C=O) groups excluding carboxylic acids is 1. The van der Waals surface area contributed by atoms with Crippen LogP contribution < -0.4 is 5.32 Å². The highest BCUT2D eigenvalue weighted by atomic mass is 19.1. The molecule has 1 heterocycles. The van der Waals surface area contributed by atoms with E-state index in [-0.39, 0.29) is 17.5 Å². The molecule has 2 rings (SSSR count). The van der Waals surface area contributed by atoms with Crippen molar-refractivity contribution in [1.29, 1.82) is 0 Å². The van der Waals surface area contributed by atoms with Crippen molar-refractivity contribution in [2.24, 2.45) is 0 Å². The van der Waals surface area contributed by atoms with Gasteiger partial charge in [0.15, 0.2) is 0 Å². The molecule has 0 fully saturated rings. The molecular formula is C11H12FNO. The van der Waals surface area contributed by atoms with Gasteiger partial charge in [0, 0.05) is 30.1 Å². The van der Waals surface area contributed by atoms with E-state index in [0.29, 0.717) is 18.5 Å². The summed E-state index contributed by atoms with van der Waals surface area (Å²) in [6, 6.07) is 4.97. The summed E-state index contributed by atoms with van der Waals surface area (Å²) in [4.78, 5) is 11.0. The Morgan fingerprint density at radius 3 is 3.14 bits per heavy atom. The molecule has 1 atom stereocenters. The maximum atomic E-state index is 13.4. The van der Waals surface area contributed by atoms with Gasteiger partial charge in [-0.25, -0.2) is 4.39 Å². The fourth-order valence-electron chi connectivity index (χ4n) is 1.96. The summed E-state index contributed by atoms with van der Waals surface area (Å²) < 4.78 is 13.4. The van der Waals surface area contributed by atoms with Crippen LogP contribution >= 0.6 is 0 Å². The van der Waals surface area contributed by atoms with Gasteiger partial charge in [0.1, 0.15) is 11.6 Å². The van der Waals surface area contributed by atoms with E-state index in [0.717, 1.165) is 5.69 Å². The third kappa shape index (κ3) is 1.50. The molecule has 0 aliphatic carbocycles. The van der Waals surface area contributed by atoms with E-state index in [4.69, 9.17) is 0 Å². The van der Waals surface area contributed by atoms with Gasteiger partial charge in [-0.05, 0) is 19.1 Å². The van der Waals surface area contributed by atoms with Crippen molar-refractivity contribution in [3.63, 3.8) is 0 Å². The first-order valence-corrected chi connectivity index (χ1v) is 4.70. The zero-order valence-corrected chi connectivity index (χ0v) is 8.01. The predicted octanol–water partition coefficient (Wildman–Crippen LogP) is 2.31. The molecule has 14 heavy (non-hydrogen) atoms. The van der Waals surface area contributed by atoms with Crippen LogP contribution in [-0.2, 0) is 4.79 Å². The number of fused-ring (bicyclic) bond motifs is 1. The van der Waals surface area contributed by atoms with E-state index >= 15 is 0 Å². The maximum absolute atomic E-state index is 13.4. The number of carbonyl (C=O) groups is 1. The van der Waals surface area contributed by atoms with Crippen molar-refractivity contribution in [3.8, 4) is 0 Å². The van der Waals surface area contributed by atoms with Crippen molar-refractivity contribution < 1.29 is 9.18 Å². The predicted molar refractivity (Wildman–Crippen MR) is 52.9 cm³/mol. The fraction of sp³-hybridized carbons (Fsp3) is 0.364. The Balaban J connectivity index is 2.33. The molecule has 1 N–H and O–H groups in total. The molecule has 0 bridgehead atoms. The fourth-order valence-corrected chi connectivity index (χ4v) is 1.96. The number of Topliss-reactive ketones (excluding diaryl/α,β-unsaturated/α-hetero) is 1. The summed E-state index contributed by atoms with van der Waals surface area (Å²) in [6.45, 7) is 2.20. The highest BCUT2D eigenvalue weighted by molar-refractivity contribution is 5.77. The lowest BCUT2D eigenvalue weighted by Gasteiger charge is -2.07. The lowest BCUT2D eigenvalue weighted by atomic mass is 9.96. The molecule has 1 aromatic carbocycles. The van der Waals surface area contributed by atoms with E-state index in [1.807, 2.05) is 6.07 Å². The summed E-state index contributed by atoms with van der Waals surface area (Å²) in [5.41, 5.74) is 1.50. The first-order chi connectivity index (χ1) is 6.68. The van der Waals surface area contributed by atoms with Crippen LogP contribution in [0, 0.1) is 5.82 Å². The van der Waals surface area contributed by atoms with E-state index in [1.165, 1.54) is 6.07 Å². The molecule has 1 unspecified atom stereocenters. The molecule has 2 nitrogen and oxygen atoms in total. The van der Waals surface area contributed by atoms with E-state index in [1.54, 1.807) is 13.0 Å². The lowest BCUT2D eigenvalue weighted by Crippen LogP contribution is -2.07. The number of ketones is 1. The van der Waals surface area contributed by atoms with Gasteiger partial charge in [0.2, 0.25) is 0 Å². The minimum Gasteiger partial charge on any atom is -0.384 e. The number of hydrogen-bond acceptors (Lipinski definition) is 2. The van der Waals surface area contributed by atoms with Crippen LogP contribution in [0.5, 0.6) is 0 Å². The number of rotatable bonds is 2. The molecule has 0 aromatic heterocycles. The molecule has 0 saturated carbocycles. The Labute approximate surface area is 82.1 Å². The Hall–Kier alpha value is -1.38. The normalized spacial score (nSPS) is 18.9. The molecule has 0 spiro atoms. The molecule has 1 aliphatic heterocycles. The van der Waals surface area contributed by atoms with Crippen molar-refractivity contribution >= 4 is 11.5 Å². The Kier molecular flexibility index (Phi) is 2.23. The van der Waals surface area contributed by atoms with Gasteiger partial charge >= 0.3 is 0 Å². The van der Waals surface area contributed by atoms with Crippen molar-refractivity contribution in [2.45, 2.75) is 19.3 Å². The Bertz CT molecular complexity index is 376. The summed E-state index contributed by atoms with van der Waals surface area (Å²) in [5.74, 6) is -0.102. The minimum absolute atomic E-state index is 0.00343. The largest absolute Gasteiger partial charge is 0.384 e. The highest BCUT2D eigenvalue weighted by Crippen LogP contribution is 2.35. The highest BCUT2D eigenvalue weighted by Gasteiger charge is 2.26. The zero-order valence-electron chi connectivity index (χ0n) is 8.01. The minimum atomic E-state index is -0.209. The van der Waals surface area contributed by atoms with Crippen LogP contribution in [0.1, 0.15) is 24.8 Å². The monoisotopic (exact) mass is 193 g/mol. The van der Waals surface area contributed by atoms with Gasteiger partial charge in [0.05, 0.1) is 0 Å². The third-order valence-corrected chi connectivity index (χ3v) is 2.53. The van der Waals surface area contributed by atoms with Crippen LogP contribution in [-0.4, -0.2) is 12.3 Å². The molecule has 74 valence electrons. The van der Waals surface area contributed by atoms with E-state index in [2.05, 4.69) is 5.32 Å².